The number of hydrogen-bond acceptors (Lipinski definition) is 6. The first-order valence-electron chi connectivity index (χ1n) is 7.88. The molecule has 0 bridgehead atoms. The third kappa shape index (κ3) is 3.27. The molecule has 27 heavy (non-hydrogen) atoms. The summed E-state index contributed by atoms with van der Waals surface area (Å²) in [5.74, 6) is -2.17. The van der Waals surface area contributed by atoms with Crippen LogP contribution in [0.2, 0.25) is 0 Å². The summed E-state index contributed by atoms with van der Waals surface area (Å²) in [7, 11) is -4.16. The summed E-state index contributed by atoms with van der Waals surface area (Å²) >= 11 is 0. The van der Waals surface area contributed by atoms with Crippen molar-refractivity contribution >= 4 is 21.3 Å². The fourth-order valence-corrected chi connectivity index (χ4v) is 3.05. The number of rotatable bonds is 4. The Morgan fingerprint density at radius 2 is 1.70 bits per heavy atom. The molecule has 2 aromatic heterocycles. The minimum absolute atomic E-state index is 0.0466. The largest absolute Gasteiger partial charge is 0.379 e. The van der Waals surface area contributed by atoms with E-state index in [1.165, 1.54) is 33.2 Å². The molecule has 0 spiro atoms. The Bertz CT molecular complexity index is 1210. The summed E-state index contributed by atoms with van der Waals surface area (Å²) in [6, 6.07) is 1.76. The van der Waals surface area contributed by atoms with Crippen molar-refractivity contribution in [1.29, 1.82) is 0 Å². The van der Waals surface area contributed by atoms with Gasteiger partial charge in [-0.3, -0.25) is 4.79 Å². The average molecular weight is 395 g/mol. The summed E-state index contributed by atoms with van der Waals surface area (Å²) in [4.78, 5) is 22.9. The molecule has 0 aliphatic carbocycles. The van der Waals surface area contributed by atoms with Crippen LogP contribution in [0.15, 0.2) is 29.3 Å². The number of H-pyrrole nitrogens is 1. The highest BCUT2D eigenvalue weighted by Crippen LogP contribution is 2.36. The van der Waals surface area contributed by atoms with Crippen LogP contribution >= 0.6 is 0 Å². The Hall–Kier alpha value is -2.88. The van der Waals surface area contributed by atoms with E-state index in [4.69, 9.17) is 4.18 Å². The first-order chi connectivity index (χ1) is 12.6. The van der Waals surface area contributed by atoms with Gasteiger partial charge in [-0.15, -0.1) is 0 Å². The minimum atomic E-state index is -4.16. The van der Waals surface area contributed by atoms with Crippen LogP contribution in [0.4, 0.5) is 8.78 Å². The summed E-state index contributed by atoms with van der Waals surface area (Å²) in [6.45, 7) is 4.03. The van der Waals surface area contributed by atoms with Crippen LogP contribution in [-0.2, 0) is 10.1 Å². The molecule has 0 aliphatic rings. The van der Waals surface area contributed by atoms with Crippen molar-refractivity contribution in [1.82, 2.24) is 15.0 Å². The first-order valence-corrected chi connectivity index (χ1v) is 9.36. The molecule has 1 aromatic carbocycles. The van der Waals surface area contributed by atoms with E-state index in [1.807, 2.05) is 0 Å². The number of nitrogens with one attached hydrogen (secondary N) is 1. The molecule has 0 unspecified atom stereocenters. The normalized spacial score (nSPS) is 11.9. The van der Waals surface area contributed by atoms with Crippen molar-refractivity contribution in [2.75, 3.05) is 0 Å². The van der Waals surface area contributed by atoms with E-state index in [-0.39, 0.29) is 16.7 Å². The highest BCUT2D eigenvalue weighted by molar-refractivity contribution is 7.87. The fraction of sp³-hybridized carbons (Fsp3) is 0.235. The van der Waals surface area contributed by atoms with Crippen molar-refractivity contribution < 1.29 is 21.4 Å². The van der Waals surface area contributed by atoms with Gasteiger partial charge in [0.2, 0.25) is 0 Å². The zero-order valence-electron chi connectivity index (χ0n) is 14.6. The lowest BCUT2D eigenvalue weighted by Gasteiger charge is -2.16. The molecule has 0 amide bonds. The number of nitrogens with zero attached hydrogens (tertiary/aromatic N) is 2. The van der Waals surface area contributed by atoms with E-state index < -0.39 is 49.4 Å². The zero-order valence-corrected chi connectivity index (χ0v) is 15.4. The molecule has 3 aromatic rings. The van der Waals surface area contributed by atoms with Crippen LogP contribution in [0.1, 0.15) is 19.4 Å². The lowest BCUT2D eigenvalue weighted by atomic mass is 9.99. The number of halogens is 2. The molecular weight excluding hydrogens is 380 g/mol. The van der Waals surface area contributed by atoms with Crippen molar-refractivity contribution in [3.63, 3.8) is 0 Å². The maximum Gasteiger partial charge on any atom is 0.311 e. The van der Waals surface area contributed by atoms with Crippen LogP contribution in [0.3, 0.4) is 0 Å². The standard InChI is InChI=1S/C17H15F2N3O4S/c1-8(2)27(24,25)26-15-13(12-9(3)10(18)4-5-11(12)19)17(23)22-16-14(15)20-6-7-21-16/h4-8H,1-3H3,(H,21,22,23). The van der Waals surface area contributed by atoms with Crippen LogP contribution < -0.4 is 9.74 Å². The van der Waals surface area contributed by atoms with Gasteiger partial charge >= 0.3 is 10.1 Å². The molecular formula is C17H15F2N3O4S. The van der Waals surface area contributed by atoms with E-state index in [9.17, 15) is 22.0 Å². The minimum Gasteiger partial charge on any atom is -0.379 e. The molecule has 10 heteroatoms. The number of aromatic amines is 1. The van der Waals surface area contributed by atoms with Crippen LogP contribution in [0.25, 0.3) is 22.3 Å². The molecule has 0 aliphatic heterocycles. The van der Waals surface area contributed by atoms with Crippen molar-refractivity contribution in [3.05, 3.63) is 52.1 Å². The molecule has 7 nitrogen and oxygen atoms in total. The lowest BCUT2D eigenvalue weighted by Crippen LogP contribution is -2.23. The van der Waals surface area contributed by atoms with Crippen molar-refractivity contribution in [2.24, 2.45) is 0 Å². The molecule has 1 N–H and O–H groups in total. The van der Waals surface area contributed by atoms with Crippen LogP contribution in [0.5, 0.6) is 5.75 Å². The molecule has 0 fully saturated rings. The highest BCUT2D eigenvalue weighted by atomic mass is 32.2. The van der Waals surface area contributed by atoms with E-state index in [2.05, 4.69) is 15.0 Å². The Morgan fingerprint density at radius 1 is 1.07 bits per heavy atom. The molecule has 3 rings (SSSR count). The van der Waals surface area contributed by atoms with Gasteiger partial charge in [-0.2, -0.15) is 8.42 Å². The van der Waals surface area contributed by atoms with Gasteiger partial charge in [-0.1, -0.05) is 0 Å². The fourth-order valence-electron chi connectivity index (χ4n) is 2.47. The number of aromatic nitrogens is 3. The Morgan fingerprint density at radius 3 is 2.37 bits per heavy atom. The number of hydrogen-bond donors (Lipinski definition) is 1. The van der Waals surface area contributed by atoms with Crippen molar-refractivity contribution in [3.8, 4) is 16.9 Å². The van der Waals surface area contributed by atoms with Gasteiger partial charge in [0.05, 0.1) is 10.8 Å². The molecule has 0 radical (unpaired) electrons. The molecule has 0 atom stereocenters. The van der Waals surface area contributed by atoms with Gasteiger partial charge in [-0.25, -0.2) is 18.7 Å². The molecule has 0 saturated heterocycles. The predicted molar refractivity (Wildman–Crippen MR) is 94.9 cm³/mol. The second-order valence-electron chi connectivity index (χ2n) is 6.07. The van der Waals surface area contributed by atoms with Crippen molar-refractivity contribution in [2.45, 2.75) is 26.0 Å². The van der Waals surface area contributed by atoms with E-state index in [0.29, 0.717) is 0 Å². The number of pyridine rings is 1. The maximum absolute atomic E-state index is 14.5. The maximum atomic E-state index is 14.5. The van der Waals surface area contributed by atoms with Gasteiger partial charge in [-0.05, 0) is 38.5 Å². The van der Waals surface area contributed by atoms with Gasteiger partial charge in [0, 0.05) is 18.0 Å². The lowest BCUT2D eigenvalue weighted by molar-refractivity contribution is 0.479. The smallest absolute Gasteiger partial charge is 0.311 e. The van der Waals surface area contributed by atoms with Gasteiger partial charge in [0.25, 0.3) is 5.56 Å². The molecule has 0 saturated carbocycles. The Kier molecular flexibility index (Phi) is 4.68. The average Bonchev–Trinajstić information content (AvgIpc) is 2.60. The summed E-state index contributed by atoms with van der Waals surface area (Å²) in [5.41, 5.74) is -2.08. The van der Waals surface area contributed by atoms with E-state index in [1.54, 1.807) is 0 Å². The van der Waals surface area contributed by atoms with Gasteiger partial charge in [0.1, 0.15) is 11.6 Å². The Balaban J connectivity index is 2.47. The molecule has 142 valence electrons. The third-order valence-electron chi connectivity index (χ3n) is 3.97. The summed E-state index contributed by atoms with van der Waals surface area (Å²) < 4.78 is 58.3. The van der Waals surface area contributed by atoms with Crippen LogP contribution in [0, 0.1) is 18.6 Å². The monoisotopic (exact) mass is 395 g/mol. The number of benzene rings is 1. The second kappa shape index (κ2) is 6.69. The Labute approximate surface area is 153 Å². The predicted octanol–water partition coefficient (Wildman–Crippen LogP) is 2.69. The third-order valence-corrected chi connectivity index (χ3v) is 5.53. The van der Waals surface area contributed by atoms with Gasteiger partial charge in [0.15, 0.2) is 16.9 Å². The van der Waals surface area contributed by atoms with Crippen LogP contribution in [-0.4, -0.2) is 28.6 Å². The molecule has 2 heterocycles. The quantitative estimate of drug-likeness (QED) is 0.682. The topological polar surface area (TPSA) is 102 Å². The summed E-state index contributed by atoms with van der Waals surface area (Å²) in [6.07, 6.45) is 2.54. The SMILES string of the molecule is Cc1c(F)ccc(F)c1-c1c(OS(=O)(=O)C(C)C)c2nccnc2[nH]c1=O. The highest BCUT2D eigenvalue weighted by Gasteiger charge is 2.28. The van der Waals surface area contributed by atoms with Gasteiger partial charge < -0.3 is 9.17 Å². The second-order valence-corrected chi connectivity index (χ2v) is 8.16. The van der Waals surface area contributed by atoms with E-state index >= 15 is 0 Å². The summed E-state index contributed by atoms with van der Waals surface area (Å²) in [5, 5.41) is -0.949. The van der Waals surface area contributed by atoms with E-state index in [0.717, 1.165) is 12.1 Å². The number of fused-ring (bicyclic) bond motifs is 1. The first kappa shape index (κ1) is 18.9. The zero-order chi connectivity index (χ0) is 19.9.